The molecule has 1 aliphatic rings. The first-order chi connectivity index (χ1) is 12.3. The van der Waals surface area contributed by atoms with Crippen molar-refractivity contribution in [2.45, 2.75) is 57.4 Å². The smallest absolute Gasteiger partial charge is 0.240 e. The van der Waals surface area contributed by atoms with Gasteiger partial charge in [-0.25, -0.2) is 0 Å². The van der Waals surface area contributed by atoms with E-state index in [1.165, 1.54) is 12.0 Å². The fourth-order valence-corrected chi connectivity index (χ4v) is 4.31. The van der Waals surface area contributed by atoms with Gasteiger partial charge in [-0.2, -0.15) is 11.8 Å². The van der Waals surface area contributed by atoms with E-state index in [1.807, 2.05) is 24.8 Å². The number of carbonyl (C=O) groups is 1. The zero-order valence-corrected chi connectivity index (χ0v) is 16.4. The summed E-state index contributed by atoms with van der Waals surface area (Å²) >= 11 is 1.81. The van der Waals surface area contributed by atoms with Gasteiger partial charge in [-0.05, 0) is 38.2 Å². The molecular formula is C20H32N2O2S. The van der Waals surface area contributed by atoms with Crippen LogP contribution in [0.5, 0.6) is 0 Å². The van der Waals surface area contributed by atoms with Gasteiger partial charge in [-0.15, -0.1) is 0 Å². The molecule has 25 heavy (non-hydrogen) atoms. The number of ether oxygens (including phenoxy) is 1. The fourth-order valence-electron chi connectivity index (χ4n) is 3.26. The van der Waals surface area contributed by atoms with Crippen LogP contribution in [0.3, 0.4) is 0 Å². The predicted octanol–water partition coefficient (Wildman–Crippen LogP) is 3.66. The predicted molar refractivity (Wildman–Crippen MR) is 106 cm³/mol. The highest BCUT2D eigenvalue weighted by molar-refractivity contribution is 7.98. The number of rotatable bonds is 10. The Kier molecular flexibility index (Phi) is 9.37. The quantitative estimate of drug-likeness (QED) is 0.508. The van der Waals surface area contributed by atoms with Crippen LogP contribution in [0.4, 0.5) is 0 Å². The minimum absolute atomic E-state index is 0.174. The molecule has 4 nitrogen and oxygen atoms in total. The monoisotopic (exact) mass is 364 g/mol. The third-order valence-electron chi connectivity index (χ3n) is 4.71. The Hall–Kier alpha value is -1.04. The first-order valence-electron chi connectivity index (χ1n) is 9.49. The highest BCUT2D eigenvalue weighted by Gasteiger charge is 2.30. The Bertz CT molecular complexity index is 498. The summed E-state index contributed by atoms with van der Waals surface area (Å²) in [5.41, 5.74) is 1.30. The van der Waals surface area contributed by atoms with Crippen LogP contribution < -0.4 is 5.32 Å². The van der Waals surface area contributed by atoms with Crippen molar-refractivity contribution in [1.82, 2.24) is 10.2 Å². The van der Waals surface area contributed by atoms with Crippen LogP contribution in [0.2, 0.25) is 0 Å². The number of carbonyl (C=O) groups excluding carboxylic acids is 1. The average Bonchev–Trinajstić information content (AvgIpc) is 2.67. The number of nitrogens with zero attached hydrogens (tertiary/aromatic N) is 1. The maximum atomic E-state index is 13.1. The first kappa shape index (κ1) is 20.3. The summed E-state index contributed by atoms with van der Waals surface area (Å²) in [6.07, 6.45) is 4.54. The molecule has 1 aliphatic heterocycles. The van der Waals surface area contributed by atoms with Gasteiger partial charge in [-0.3, -0.25) is 10.1 Å². The third-order valence-corrected chi connectivity index (χ3v) is 5.82. The minimum Gasteiger partial charge on any atom is -0.367 e. The lowest BCUT2D eigenvalue weighted by Crippen LogP contribution is -2.53. The third kappa shape index (κ3) is 6.65. The molecule has 1 N–H and O–H groups in total. The highest BCUT2D eigenvalue weighted by Crippen LogP contribution is 2.21. The van der Waals surface area contributed by atoms with Crippen molar-refractivity contribution in [3.63, 3.8) is 0 Å². The molecule has 1 amide bonds. The summed E-state index contributed by atoms with van der Waals surface area (Å²) in [6, 6.07) is 10.6. The van der Waals surface area contributed by atoms with Crippen molar-refractivity contribution in [1.29, 1.82) is 0 Å². The average molecular weight is 365 g/mol. The number of nitrogens with one attached hydrogen (secondary N) is 1. The van der Waals surface area contributed by atoms with Crippen molar-refractivity contribution in [3.05, 3.63) is 35.9 Å². The summed E-state index contributed by atoms with van der Waals surface area (Å²) in [5.74, 6) is 1.94. The van der Waals surface area contributed by atoms with Crippen LogP contribution >= 0.6 is 11.8 Å². The summed E-state index contributed by atoms with van der Waals surface area (Å²) in [4.78, 5) is 15.2. The van der Waals surface area contributed by atoms with E-state index in [0.29, 0.717) is 19.4 Å². The molecule has 1 aromatic carbocycles. The number of amides is 1. The summed E-state index contributed by atoms with van der Waals surface area (Å²) in [6.45, 7) is 6.15. The number of likely N-dealkylation sites (tertiary alicyclic amines) is 1. The number of benzene rings is 1. The van der Waals surface area contributed by atoms with Crippen molar-refractivity contribution in [2.75, 3.05) is 25.6 Å². The molecule has 0 aromatic heterocycles. The molecule has 1 aromatic rings. The molecule has 2 atom stereocenters. The molecule has 2 rings (SSSR count). The Balaban J connectivity index is 1.92. The molecule has 5 heteroatoms. The molecule has 0 radical (unpaired) electrons. The summed E-state index contributed by atoms with van der Waals surface area (Å²) in [5, 5.41) is 3.31. The Morgan fingerprint density at radius 3 is 2.84 bits per heavy atom. The van der Waals surface area contributed by atoms with E-state index >= 15 is 0 Å². The molecule has 0 spiro atoms. The Morgan fingerprint density at radius 1 is 1.32 bits per heavy atom. The van der Waals surface area contributed by atoms with Gasteiger partial charge < -0.3 is 9.64 Å². The molecule has 1 saturated heterocycles. The molecular weight excluding hydrogens is 332 g/mol. The summed E-state index contributed by atoms with van der Waals surface area (Å²) in [7, 11) is 0. The van der Waals surface area contributed by atoms with Gasteiger partial charge in [0.15, 0.2) is 0 Å². The van der Waals surface area contributed by atoms with E-state index in [-0.39, 0.29) is 11.9 Å². The minimum atomic E-state index is -0.174. The van der Waals surface area contributed by atoms with Crippen molar-refractivity contribution < 1.29 is 9.53 Å². The maximum Gasteiger partial charge on any atom is 0.240 e. The second kappa shape index (κ2) is 11.6. The molecule has 140 valence electrons. The number of hydrogen-bond acceptors (Lipinski definition) is 4. The van der Waals surface area contributed by atoms with E-state index in [2.05, 4.69) is 41.4 Å². The van der Waals surface area contributed by atoms with Crippen LogP contribution in [0.1, 0.15) is 45.1 Å². The number of piperidine rings is 1. The van der Waals surface area contributed by atoms with E-state index in [1.54, 1.807) is 0 Å². The lowest BCUT2D eigenvalue weighted by Gasteiger charge is -2.37. The van der Waals surface area contributed by atoms with E-state index < -0.39 is 0 Å². The zero-order valence-electron chi connectivity index (χ0n) is 15.6. The van der Waals surface area contributed by atoms with Gasteiger partial charge >= 0.3 is 0 Å². The Labute approximate surface area is 156 Å². The van der Waals surface area contributed by atoms with E-state index in [0.717, 1.165) is 37.3 Å². The van der Waals surface area contributed by atoms with E-state index in [9.17, 15) is 4.79 Å². The maximum absolute atomic E-state index is 13.1. The van der Waals surface area contributed by atoms with Gasteiger partial charge in [0.1, 0.15) is 0 Å². The molecule has 0 bridgehead atoms. The molecule has 2 unspecified atom stereocenters. The lowest BCUT2D eigenvalue weighted by atomic mass is 9.99. The molecule has 1 fully saturated rings. The first-order valence-corrected chi connectivity index (χ1v) is 10.6. The van der Waals surface area contributed by atoms with Crippen molar-refractivity contribution >= 4 is 17.7 Å². The SMILES string of the molecule is CCOCNC(CSCc1ccccc1)C(=O)N1CCCCC1CC. The van der Waals surface area contributed by atoms with Gasteiger partial charge in [0.2, 0.25) is 5.91 Å². The molecule has 1 heterocycles. The van der Waals surface area contributed by atoms with Crippen molar-refractivity contribution in [3.8, 4) is 0 Å². The molecule has 0 saturated carbocycles. The van der Waals surface area contributed by atoms with Crippen LogP contribution in [0.15, 0.2) is 30.3 Å². The van der Waals surface area contributed by atoms with Crippen LogP contribution in [-0.2, 0) is 15.3 Å². The van der Waals surface area contributed by atoms with Crippen molar-refractivity contribution in [2.24, 2.45) is 0 Å². The van der Waals surface area contributed by atoms with Gasteiger partial charge in [-0.1, -0.05) is 37.3 Å². The second-order valence-corrected chi connectivity index (χ2v) is 7.51. The fraction of sp³-hybridized carbons (Fsp3) is 0.650. The normalized spacial score (nSPS) is 19.0. The number of thioether (sulfide) groups is 1. The van der Waals surface area contributed by atoms with Crippen LogP contribution in [-0.4, -0.2) is 48.5 Å². The number of hydrogen-bond donors (Lipinski definition) is 1. The zero-order chi connectivity index (χ0) is 17.9. The van der Waals surface area contributed by atoms with E-state index in [4.69, 9.17) is 4.74 Å². The largest absolute Gasteiger partial charge is 0.367 e. The van der Waals surface area contributed by atoms with Gasteiger partial charge in [0.25, 0.3) is 0 Å². The van der Waals surface area contributed by atoms with Gasteiger partial charge in [0.05, 0.1) is 12.8 Å². The summed E-state index contributed by atoms with van der Waals surface area (Å²) < 4.78 is 5.43. The standard InChI is InChI=1S/C20H32N2O2S/c1-3-18-12-8-9-13-22(18)20(23)19(21-16-24-4-2)15-25-14-17-10-6-5-7-11-17/h5-7,10-11,18-19,21H,3-4,8-9,12-16H2,1-2H3. The second-order valence-electron chi connectivity index (χ2n) is 6.48. The lowest BCUT2D eigenvalue weighted by molar-refractivity contribution is -0.137. The molecule has 0 aliphatic carbocycles. The Morgan fingerprint density at radius 2 is 2.12 bits per heavy atom. The topological polar surface area (TPSA) is 41.6 Å². The van der Waals surface area contributed by atoms with Crippen LogP contribution in [0, 0.1) is 0 Å². The van der Waals surface area contributed by atoms with Crippen LogP contribution in [0.25, 0.3) is 0 Å². The highest BCUT2D eigenvalue weighted by atomic mass is 32.2. The van der Waals surface area contributed by atoms with Gasteiger partial charge in [0, 0.05) is 30.7 Å².